The van der Waals surface area contributed by atoms with Crippen molar-refractivity contribution in [2.45, 2.75) is 13.3 Å². The van der Waals surface area contributed by atoms with Crippen LogP contribution in [0.4, 0.5) is 0 Å². The normalized spacial score (nSPS) is 15.5. The average Bonchev–Trinajstić information content (AvgIpc) is 2.20. The van der Waals surface area contributed by atoms with Gasteiger partial charge in [-0.25, -0.2) is 0 Å². The minimum atomic E-state index is -0.244. The number of nitrogens with zero attached hydrogens (tertiary/aromatic N) is 1. The first-order valence-corrected chi connectivity index (χ1v) is 5.14. The Morgan fingerprint density at radius 3 is 2.80 bits per heavy atom. The molecule has 0 unspecified atom stereocenters. The van der Waals surface area contributed by atoms with Crippen LogP contribution < -0.4 is 0 Å². The van der Waals surface area contributed by atoms with Gasteiger partial charge in [0, 0.05) is 17.1 Å². The maximum absolute atomic E-state index is 11.9. The van der Waals surface area contributed by atoms with E-state index in [4.69, 9.17) is 11.6 Å². The first kappa shape index (κ1) is 10.2. The summed E-state index contributed by atoms with van der Waals surface area (Å²) in [6.45, 7) is 2.19. The second-order valence-corrected chi connectivity index (χ2v) is 3.86. The minimum absolute atomic E-state index is 0.141. The molecule has 1 aliphatic heterocycles. The van der Waals surface area contributed by atoms with Gasteiger partial charge in [0.25, 0.3) is 5.91 Å². The zero-order valence-corrected chi connectivity index (χ0v) is 9.04. The van der Waals surface area contributed by atoms with Gasteiger partial charge in [-0.15, -0.1) is 0 Å². The van der Waals surface area contributed by atoms with Gasteiger partial charge in [0.15, 0.2) is 0 Å². The van der Waals surface area contributed by atoms with Crippen molar-refractivity contribution in [3.8, 4) is 0 Å². The van der Waals surface area contributed by atoms with Crippen LogP contribution in [0.3, 0.4) is 0 Å². The van der Waals surface area contributed by atoms with Crippen LogP contribution in [-0.4, -0.2) is 23.3 Å². The summed E-state index contributed by atoms with van der Waals surface area (Å²) in [5.41, 5.74) is 1.31. The fourth-order valence-electron chi connectivity index (χ4n) is 1.74. The van der Waals surface area contributed by atoms with Crippen LogP contribution >= 0.6 is 11.6 Å². The van der Waals surface area contributed by atoms with Gasteiger partial charge in [0.05, 0.1) is 6.42 Å². The van der Waals surface area contributed by atoms with Gasteiger partial charge >= 0.3 is 0 Å². The van der Waals surface area contributed by atoms with Gasteiger partial charge < -0.3 is 0 Å². The molecular weight excluding hydrogens is 214 g/mol. The number of halogens is 1. The maximum Gasteiger partial charge on any atom is 0.260 e. The van der Waals surface area contributed by atoms with Gasteiger partial charge in [-0.3, -0.25) is 14.5 Å². The number of amides is 2. The van der Waals surface area contributed by atoms with Crippen molar-refractivity contribution < 1.29 is 9.59 Å². The Labute approximate surface area is 92.6 Å². The highest BCUT2D eigenvalue weighted by Gasteiger charge is 2.29. The van der Waals surface area contributed by atoms with Crippen molar-refractivity contribution >= 4 is 23.4 Å². The monoisotopic (exact) mass is 223 g/mol. The van der Waals surface area contributed by atoms with Crippen LogP contribution in [0.25, 0.3) is 0 Å². The number of carbonyl (C=O) groups excluding carboxylic acids is 2. The lowest BCUT2D eigenvalue weighted by atomic mass is 9.98. The topological polar surface area (TPSA) is 37.4 Å². The van der Waals surface area contributed by atoms with E-state index in [-0.39, 0.29) is 18.2 Å². The molecule has 1 aromatic carbocycles. The van der Waals surface area contributed by atoms with Crippen molar-refractivity contribution in [2.24, 2.45) is 0 Å². The third kappa shape index (κ3) is 1.63. The number of rotatable bonds is 1. The van der Waals surface area contributed by atoms with E-state index in [9.17, 15) is 9.59 Å². The van der Waals surface area contributed by atoms with Gasteiger partial charge in [0.2, 0.25) is 5.91 Å². The summed E-state index contributed by atoms with van der Waals surface area (Å²) < 4.78 is 0. The first-order chi connectivity index (χ1) is 7.13. The van der Waals surface area contributed by atoms with E-state index in [2.05, 4.69) is 0 Å². The van der Waals surface area contributed by atoms with Gasteiger partial charge in [-0.2, -0.15) is 0 Å². The lowest BCUT2D eigenvalue weighted by Gasteiger charge is -2.25. The Balaban J connectivity index is 2.51. The van der Waals surface area contributed by atoms with Crippen molar-refractivity contribution in [2.75, 3.05) is 6.54 Å². The molecule has 0 radical (unpaired) electrons. The van der Waals surface area contributed by atoms with Crippen LogP contribution in [-0.2, 0) is 11.2 Å². The Hall–Kier alpha value is -1.35. The molecule has 0 aromatic heterocycles. The van der Waals surface area contributed by atoms with Crippen molar-refractivity contribution in [3.05, 3.63) is 34.3 Å². The highest BCUT2D eigenvalue weighted by molar-refractivity contribution is 6.31. The molecule has 0 saturated heterocycles. The van der Waals surface area contributed by atoms with Crippen LogP contribution in [0.5, 0.6) is 0 Å². The maximum atomic E-state index is 11.9. The summed E-state index contributed by atoms with van der Waals surface area (Å²) >= 11 is 5.81. The molecule has 1 aliphatic rings. The summed E-state index contributed by atoms with van der Waals surface area (Å²) in [7, 11) is 0. The SMILES string of the molecule is CCN1C(=O)Cc2ccc(Cl)cc2C1=O. The molecule has 0 bridgehead atoms. The van der Waals surface area contributed by atoms with E-state index in [1.807, 2.05) is 0 Å². The molecule has 0 N–H and O–H groups in total. The molecule has 4 heteroatoms. The first-order valence-electron chi connectivity index (χ1n) is 4.76. The number of benzene rings is 1. The van der Waals surface area contributed by atoms with E-state index in [0.717, 1.165) is 5.56 Å². The summed E-state index contributed by atoms with van der Waals surface area (Å²) in [5.74, 6) is -0.386. The van der Waals surface area contributed by atoms with Gasteiger partial charge in [0.1, 0.15) is 0 Å². The molecule has 78 valence electrons. The standard InChI is InChI=1S/C11H10ClNO2/c1-2-13-10(14)5-7-3-4-8(12)6-9(7)11(13)15/h3-4,6H,2,5H2,1H3. The van der Waals surface area contributed by atoms with Crippen LogP contribution in [0.2, 0.25) is 5.02 Å². The molecule has 15 heavy (non-hydrogen) atoms. The molecular formula is C11H10ClNO2. The van der Waals surface area contributed by atoms with Crippen LogP contribution in [0.15, 0.2) is 18.2 Å². The zero-order valence-electron chi connectivity index (χ0n) is 8.29. The Morgan fingerprint density at radius 1 is 1.40 bits per heavy atom. The third-order valence-corrected chi connectivity index (χ3v) is 2.74. The number of carbonyl (C=O) groups is 2. The lowest BCUT2D eigenvalue weighted by Crippen LogP contribution is -2.41. The van der Waals surface area contributed by atoms with Crippen molar-refractivity contribution in [3.63, 3.8) is 0 Å². The second-order valence-electron chi connectivity index (χ2n) is 3.42. The zero-order chi connectivity index (χ0) is 11.0. The molecule has 0 atom stereocenters. The highest BCUT2D eigenvalue weighted by atomic mass is 35.5. The average molecular weight is 224 g/mol. The quantitative estimate of drug-likeness (QED) is 0.682. The molecule has 1 heterocycles. The van der Waals surface area contributed by atoms with E-state index in [1.54, 1.807) is 25.1 Å². The smallest absolute Gasteiger partial charge is 0.260 e. The largest absolute Gasteiger partial charge is 0.278 e. The van der Waals surface area contributed by atoms with E-state index in [0.29, 0.717) is 17.1 Å². The molecule has 1 aromatic rings. The lowest BCUT2D eigenvalue weighted by molar-refractivity contribution is -0.128. The highest BCUT2D eigenvalue weighted by Crippen LogP contribution is 2.23. The molecule has 3 nitrogen and oxygen atoms in total. The summed E-state index contributed by atoms with van der Waals surface area (Å²) in [4.78, 5) is 24.7. The van der Waals surface area contributed by atoms with Crippen LogP contribution in [0, 0.1) is 0 Å². The van der Waals surface area contributed by atoms with Gasteiger partial charge in [-0.05, 0) is 24.6 Å². The van der Waals surface area contributed by atoms with Crippen molar-refractivity contribution in [1.29, 1.82) is 0 Å². The molecule has 0 saturated carbocycles. The minimum Gasteiger partial charge on any atom is -0.278 e. The van der Waals surface area contributed by atoms with Crippen molar-refractivity contribution in [1.82, 2.24) is 4.90 Å². The number of likely N-dealkylation sites (N-methyl/N-ethyl adjacent to an activating group) is 1. The third-order valence-electron chi connectivity index (χ3n) is 2.51. The number of hydrogen-bond donors (Lipinski definition) is 0. The molecule has 0 aliphatic carbocycles. The second kappa shape index (κ2) is 3.66. The predicted octanol–water partition coefficient (Wildman–Crippen LogP) is 1.88. The van der Waals surface area contributed by atoms with E-state index in [1.165, 1.54) is 4.90 Å². The number of hydrogen-bond acceptors (Lipinski definition) is 2. The summed E-state index contributed by atoms with van der Waals surface area (Å²) in [6, 6.07) is 5.05. The Kier molecular flexibility index (Phi) is 2.49. The fourth-order valence-corrected chi connectivity index (χ4v) is 1.91. The van der Waals surface area contributed by atoms with E-state index < -0.39 is 0 Å². The summed E-state index contributed by atoms with van der Waals surface area (Å²) in [5, 5.41) is 0.521. The van der Waals surface area contributed by atoms with Crippen LogP contribution in [0.1, 0.15) is 22.8 Å². The van der Waals surface area contributed by atoms with Gasteiger partial charge in [-0.1, -0.05) is 17.7 Å². The molecule has 2 rings (SSSR count). The Bertz CT molecular complexity index is 442. The van der Waals surface area contributed by atoms with E-state index >= 15 is 0 Å². The molecule has 0 spiro atoms. The fraction of sp³-hybridized carbons (Fsp3) is 0.273. The number of imide groups is 1. The predicted molar refractivity (Wildman–Crippen MR) is 56.9 cm³/mol. The number of fused-ring (bicyclic) bond motifs is 1. The Morgan fingerprint density at radius 2 is 2.13 bits per heavy atom. The summed E-state index contributed by atoms with van der Waals surface area (Å²) in [6.07, 6.45) is 0.284. The molecule has 0 fully saturated rings. The molecule has 2 amide bonds.